The largest absolute Gasteiger partial charge is 0.483 e. The molecule has 0 aliphatic heterocycles. The molecule has 2 N–H and O–H groups in total. The number of nitrogens with one attached hydrogen (secondary N) is 2. The Bertz CT molecular complexity index is 773. The first kappa shape index (κ1) is 19.0. The molecule has 1 amide bonds. The van der Waals surface area contributed by atoms with Gasteiger partial charge >= 0.3 is 0 Å². The molecule has 0 aromatic heterocycles. The van der Waals surface area contributed by atoms with Gasteiger partial charge in [-0.2, -0.15) is 0 Å². The molecule has 0 radical (unpaired) electrons. The van der Waals surface area contributed by atoms with Gasteiger partial charge in [-0.05, 0) is 40.2 Å². The Labute approximate surface area is 157 Å². The van der Waals surface area contributed by atoms with Crippen molar-refractivity contribution in [2.24, 2.45) is 0 Å². The van der Waals surface area contributed by atoms with Crippen LogP contribution in [0.25, 0.3) is 0 Å². The number of hydrogen-bond acceptors (Lipinski definition) is 5. The van der Waals surface area contributed by atoms with E-state index >= 15 is 0 Å². The number of para-hydroxylation sites is 2. The molecule has 7 nitrogen and oxygen atoms in total. The third-order valence-corrected chi connectivity index (χ3v) is 3.97. The summed E-state index contributed by atoms with van der Waals surface area (Å²) in [5.74, 6) is 0.212. The summed E-state index contributed by atoms with van der Waals surface area (Å²) < 4.78 is 6.05. The van der Waals surface area contributed by atoms with E-state index in [1.807, 2.05) is 0 Å². The molecule has 2 aromatic carbocycles. The van der Waals surface area contributed by atoms with Crippen molar-refractivity contribution in [3.05, 3.63) is 62.1 Å². The van der Waals surface area contributed by atoms with E-state index in [1.54, 1.807) is 36.4 Å². The molecule has 0 bridgehead atoms. The van der Waals surface area contributed by atoms with E-state index in [0.717, 1.165) is 0 Å². The van der Waals surface area contributed by atoms with Crippen LogP contribution >= 0.6 is 27.5 Å². The Morgan fingerprint density at radius 2 is 2.00 bits per heavy atom. The maximum absolute atomic E-state index is 11.8. The van der Waals surface area contributed by atoms with Crippen LogP contribution < -0.4 is 15.4 Å². The molecule has 0 aliphatic rings. The summed E-state index contributed by atoms with van der Waals surface area (Å²) in [4.78, 5) is 22.2. The third kappa shape index (κ3) is 5.91. The molecule has 0 saturated carbocycles. The minimum atomic E-state index is -0.460. The second kappa shape index (κ2) is 9.24. The van der Waals surface area contributed by atoms with E-state index in [4.69, 9.17) is 16.3 Å². The van der Waals surface area contributed by atoms with Gasteiger partial charge in [0.05, 0.1) is 9.40 Å². The summed E-state index contributed by atoms with van der Waals surface area (Å²) in [7, 11) is 0. The molecule has 9 heteroatoms. The van der Waals surface area contributed by atoms with E-state index in [0.29, 0.717) is 34.0 Å². The van der Waals surface area contributed by atoms with Crippen LogP contribution in [0.15, 0.2) is 46.9 Å². The average Bonchev–Trinajstić information content (AvgIpc) is 2.58. The lowest BCUT2D eigenvalue weighted by molar-refractivity contribution is -0.384. The van der Waals surface area contributed by atoms with Crippen LogP contribution in [0.3, 0.4) is 0 Å². The van der Waals surface area contributed by atoms with E-state index in [-0.39, 0.29) is 18.2 Å². The fraction of sp³-hybridized carbons (Fsp3) is 0.188. The monoisotopic (exact) mass is 427 g/mol. The van der Waals surface area contributed by atoms with Crippen LogP contribution in [0, 0.1) is 10.1 Å². The van der Waals surface area contributed by atoms with Crippen molar-refractivity contribution < 1.29 is 14.5 Å². The molecule has 0 fully saturated rings. The lowest BCUT2D eigenvalue weighted by Crippen LogP contribution is -2.32. The summed E-state index contributed by atoms with van der Waals surface area (Å²) in [6, 6.07) is 11.3. The van der Waals surface area contributed by atoms with Gasteiger partial charge in [0.1, 0.15) is 11.4 Å². The number of carbonyl (C=O) groups is 1. The number of halogens is 2. The first-order valence-electron chi connectivity index (χ1n) is 7.29. The number of amides is 1. The van der Waals surface area contributed by atoms with Gasteiger partial charge in [0.2, 0.25) is 0 Å². The lowest BCUT2D eigenvalue weighted by Gasteiger charge is -2.10. The fourth-order valence-electron chi connectivity index (χ4n) is 1.97. The van der Waals surface area contributed by atoms with Gasteiger partial charge in [-0.1, -0.05) is 23.7 Å². The molecule has 0 atom stereocenters. The Morgan fingerprint density at radius 3 is 2.72 bits per heavy atom. The molecular weight excluding hydrogens is 414 g/mol. The summed E-state index contributed by atoms with van der Waals surface area (Å²) in [6.45, 7) is 0.503. The molecule has 0 spiro atoms. The Morgan fingerprint density at radius 1 is 1.24 bits per heavy atom. The van der Waals surface area contributed by atoms with Gasteiger partial charge in [-0.25, -0.2) is 0 Å². The highest BCUT2D eigenvalue weighted by Gasteiger charge is 2.11. The third-order valence-electron chi connectivity index (χ3n) is 3.12. The number of rotatable bonds is 8. The Balaban J connectivity index is 1.73. The van der Waals surface area contributed by atoms with Gasteiger partial charge < -0.3 is 15.4 Å². The zero-order valence-electron chi connectivity index (χ0n) is 13.0. The lowest BCUT2D eigenvalue weighted by atomic mass is 10.2. The molecule has 0 unspecified atom stereocenters. The van der Waals surface area contributed by atoms with Crippen molar-refractivity contribution in [2.45, 2.75) is 0 Å². The number of ether oxygens (including phenoxy) is 1. The quantitative estimate of drug-likeness (QED) is 0.380. The second-order valence-electron chi connectivity index (χ2n) is 4.91. The van der Waals surface area contributed by atoms with Crippen LogP contribution in [-0.2, 0) is 4.79 Å². The maximum atomic E-state index is 11.8. The van der Waals surface area contributed by atoms with Crippen LogP contribution in [0.4, 0.5) is 11.4 Å². The molecule has 2 aromatic rings. The van der Waals surface area contributed by atoms with E-state index in [2.05, 4.69) is 26.6 Å². The normalized spacial score (nSPS) is 10.2. The van der Waals surface area contributed by atoms with Crippen LogP contribution in [0.2, 0.25) is 5.02 Å². The van der Waals surface area contributed by atoms with Crippen molar-refractivity contribution in [3.8, 4) is 5.75 Å². The van der Waals surface area contributed by atoms with Crippen LogP contribution in [-0.4, -0.2) is 30.5 Å². The summed E-state index contributed by atoms with van der Waals surface area (Å²) in [5.41, 5.74) is 0.396. The van der Waals surface area contributed by atoms with Gasteiger partial charge in [0.15, 0.2) is 6.61 Å². The van der Waals surface area contributed by atoms with Crippen LogP contribution in [0.5, 0.6) is 5.75 Å². The molecule has 0 aliphatic carbocycles. The summed E-state index contributed by atoms with van der Waals surface area (Å²) in [5, 5.41) is 17.0. The highest BCUT2D eigenvalue weighted by Crippen LogP contribution is 2.27. The number of carbonyl (C=O) groups excluding carboxylic acids is 1. The summed E-state index contributed by atoms with van der Waals surface area (Å²) >= 11 is 9.13. The topological polar surface area (TPSA) is 93.5 Å². The first-order chi connectivity index (χ1) is 12.0. The minimum absolute atomic E-state index is 0.00949. The maximum Gasteiger partial charge on any atom is 0.292 e. The molecule has 0 saturated heterocycles. The second-order valence-corrected chi connectivity index (χ2v) is 6.21. The molecule has 132 valence electrons. The SMILES string of the molecule is O=C(COc1ccc(Cl)cc1Br)NCCNc1ccccc1[N+](=O)[O-]. The van der Waals surface area contributed by atoms with E-state index in [1.165, 1.54) is 6.07 Å². The predicted molar refractivity (Wildman–Crippen MR) is 99.2 cm³/mol. The standard InChI is InChI=1S/C16H15BrClN3O4/c17-12-9-11(18)5-6-15(12)25-10-16(22)20-8-7-19-13-3-1-2-4-14(13)21(23)24/h1-6,9,19H,7-8,10H2,(H,20,22). The summed E-state index contributed by atoms with van der Waals surface area (Å²) in [6.07, 6.45) is 0. The number of anilines is 1. The number of nitro groups is 1. The van der Waals surface area contributed by atoms with Gasteiger partial charge in [-0.15, -0.1) is 0 Å². The minimum Gasteiger partial charge on any atom is -0.483 e. The van der Waals surface area contributed by atoms with Crippen molar-refractivity contribution in [2.75, 3.05) is 25.0 Å². The number of nitrogens with zero attached hydrogens (tertiary/aromatic N) is 1. The van der Waals surface area contributed by atoms with Gasteiger partial charge in [0.25, 0.3) is 11.6 Å². The van der Waals surface area contributed by atoms with Crippen molar-refractivity contribution in [3.63, 3.8) is 0 Å². The Hall–Kier alpha value is -2.32. The van der Waals surface area contributed by atoms with Crippen molar-refractivity contribution >= 4 is 44.8 Å². The number of nitro benzene ring substituents is 1. The number of benzene rings is 2. The van der Waals surface area contributed by atoms with Crippen LogP contribution in [0.1, 0.15) is 0 Å². The predicted octanol–water partition coefficient (Wildman–Crippen LogP) is 3.62. The smallest absolute Gasteiger partial charge is 0.292 e. The van der Waals surface area contributed by atoms with Gasteiger partial charge in [-0.3, -0.25) is 14.9 Å². The van der Waals surface area contributed by atoms with E-state index < -0.39 is 4.92 Å². The fourth-order valence-corrected chi connectivity index (χ4v) is 2.77. The van der Waals surface area contributed by atoms with E-state index in [9.17, 15) is 14.9 Å². The molecule has 2 rings (SSSR count). The molecule has 25 heavy (non-hydrogen) atoms. The number of hydrogen-bond donors (Lipinski definition) is 2. The highest BCUT2D eigenvalue weighted by atomic mass is 79.9. The first-order valence-corrected chi connectivity index (χ1v) is 8.46. The highest BCUT2D eigenvalue weighted by molar-refractivity contribution is 9.10. The van der Waals surface area contributed by atoms with Gasteiger partial charge in [0, 0.05) is 24.2 Å². The average molecular weight is 429 g/mol. The zero-order chi connectivity index (χ0) is 18.2. The molecule has 0 heterocycles. The van der Waals surface area contributed by atoms with Crippen molar-refractivity contribution in [1.82, 2.24) is 5.32 Å². The van der Waals surface area contributed by atoms with Crippen molar-refractivity contribution in [1.29, 1.82) is 0 Å². The Kier molecular flexibility index (Phi) is 7.03. The molecular formula is C16H15BrClN3O4. The zero-order valence-corrected chi connectivity index (χ0v) is 15.3.